The van der Waals surface area contributed by atoms with Crippen LogP contribution in [0.5, 0.6) is 0 Å². The summed E-state index contributed by atoms with van der Waals surface area (Å²) in [6.45, 7) is 0. The largest absolute Gasteiger partial charge is 0.417 e. The molecule has 302 valence electrons. The Balaban J connectivity index is 1.14. The molecule has 0 N–H and O–H groups in total. The van der Waals surface area contributed by atoms with Crippen LogP contribution in [0.4, 0.5) is 32.0 Å². The first-order valence-electron chi connectivity index (χ1n) is 19.8. The lowest BCUT2D eigenvalue weighted by molar-refractivity contribution is -0.142. The van der Waals surface area contributed by atoms with Gasteiger partial charge in [0.15, 0.2) is 0 Å². The van der Waals surface area contributed by atoms with Crippen molar-refractivity contribution in [1.82, 2.24) is 0 Å². The van der Waals surface area contributed by atoms with Gasteiger partial charge in [-0.05, 0) is 97.6 Å². The fourth-order valence-electron chi connectivity index (χ4n) is 9.02. The second-order valence-electron chi connectivity index (χ2n) is 15.3. The van der Waals surface area contributed by atoms with Gasteiger partial charge in [-0.3, -0.25) is 9.59 Å². The molecule has 2 aliphatic rings. The van der Waals surface area contributed by atoms with E-state index >= 15 is 4.79 Å². The highest BCUT2D eigenvalue weighted by Crippen LogP contribution is 2.53. The van der Waals surface area contributed by atoms with Gasteiger partial charge < -0.3 is 0 Å². The van der Waals surface area contributed by atoms with Gasteiger partial charge >= 0.3 is 12.4 Å². The Morgan fingerprint density at radius 2 is 0.903 bits per heavy atom. The van der Waals surface area contributed by atoms with Crippen LogP contribution in [-0.4, -0.2) is 11.8 Å². The number of fused-ring (bicyclic) bond motifs is 4. The van der Waals surface area contributed by atoms with E-state index in [0.717, 1.165) is 33.9 Å². The van der Waals surface area contributed by atoms with E-state index in [4.69, 9.17) is 0 Å². The molecule has 0 saturated heterocycles. The van der Waals surface area contributed by atoms with Crippen LogP contribution < -0.4 is 4.90 Å². The number of alkyl halides is 6. The first kappa shape index (κ1) is 38.7. The van der Waals surface area contributed by atoms with E-state index < -0.39 is 46.8 Å². The van der Waals surface area contributed by atoms with Crippen molar-refractivity contribution in [3.8, 4) is 55.6 Å². The molecule has 10 rings (SSSR count). The first-order chi connectivity index (χ1) is 29.9. The van der Waals surface area contributed by atoms with Crippen LogP contribution in [-0.2, 0) is 12.4 Å². The van der Waals surface area contributed by atoms with Gasteiger partial charge in [0, 0.05) is 17.0 Å². The third-order valence-electron chi connectivity index (χ3n) is 11.8. The molecule has 9 heteroatoms. The molecule has 0 bridgehead atoms. The van der Waals surface area contributed by atoms with Crippen molar-refractivity contribution < 1.29 is 35.9 Å². The average Bonchev–Trinajstić information content (AvgIpc) is 3.75. The van der Waals surface area contributed by atoms with Crippen LogP contribution in [0.1, 0.15) is 54.5 Å². The van der Waals surface area contributed by atoms with Crippen molar-refractivity contribution in [2.45, 2.75) is 18.3 Å². The zero-order chi connectivity index (χ0) is 42.9. The van der Waals surface area contributed by atoms with Gasteiger partial charge in [0.1, 0.15) is 0 Å². The zero-order valence-corrected chi connectivity index (χ0v) is 32.4. The van der Waals surface area contributed by atoms with Crippen molar-refractivity contribution in [2.75, 3.05) is 4.90 Å². The monoisotopic (exact) mass is 827 g/mol. The molecule has 2 amide bonds. The van der Waals surface area contributed by atoms with E-state index in [0.29, 0.717) is 45.1 Å². The maximum Gasteiger partial charge on any atom is 0.417 e. The number of carbonyl (C=O) groups is 2. The molecule has 1 atom stereocenters. The second kappa shape index (κ2) is 14.6. The lowest BCUT2D eigenvalue weighted by Crippen LogP contribution is -2.31. The molecule has 8 aromatic carbocycles. The van der Waals surface area contributed by atoms with E-state index in [1.54, 1.807) is 36.4 Å². The number of nitrogens with zero attached hydrogens (tertiary/aromatic N) is 1. The standard InChI is InChI=1S/C53H31F6NO2/c54-52(55,56)36-24-26-37(46(30-36)53(57,58)59)34-23-25-40-45(27-34)38-19-10-11-20-39(38)47(40)41-21-12-22-42-48(41)51(62)60(50(42)61)49-43(32-15-6-2-7-16-32)28-35(31-13-4-1-5-14-31)29-44(49)33-17-8-3-9-18-33/h1-30,47H. The Morgan fingerprint density at radius 1 is 0.371 bits per heavy atom. The van der Waals surface area contributed by atoms with Crippen LogP contribution in [0.25, 0.3) is 55.6 Å². The van der Waals surface area contributed by atoms with Crippen LogP contribution in [0.3, 0.4) is 0 Å². The highest BCUT2D eigenvalue weighted by Gasteiger charge is 2.44. The molecule has 0 fully saturated rings. The molecular formula is C53H31F6NO2. The number of carbonyl (C=O) groups excluding carboxylic acids is 2. The number of benzene rings is 8. The van der Waals surface area contributed by atoms with Gasteiger partial charge in [-0.1, -0.05) is 146 Å². The fourth-order valence-corrected chi connectivity index (χ4v) is 9.02. The summed E-state index contributed by atoms with van der Waals surface area (Å²) in [6, 6.07) is 51.8. The molecule has 8 aromatic rings. The minimum absolute atomic E-state index is 0.0804. The van der Waals surface area contributed by atoms with Crippen LogP contribution in [0.15, 0.2) is 182 Å². The molecule has 3 nitrogen and oxygen atoms in total. The summed E-state index contributed by atoms with van der Waals surface area (Å²) in [7, 11) is 0. The fraction of sp³-hybridized carbons (Fsp3) is 0.0566. The van der Waals surface area contributed by atoms with Crippen molar-refractivity contribution >= 4 is 17.5 Å². The molecule has 0 spiro atoms. The van der Waals surface area contributed by atoms with E-state index in [1.807, 2.05) is 121 Å². The highest BCUT2D eigenvalue weighted by atomic mass is 19.4. The average molecular weight is 828 g/mol. The van der Waals surface area contributed by atoms with E-state index in [9.17, 15) is 31.1 Å². The predicted molar refractivity (Wildman–Crippen MR) is 229 cm³/mol. The molecule has 1 aliphatic carbocycles. The maximum atomic E-state index is 15.3. The number of anilines is 1. The highest BCUT2D eigenvalue weighted by molar-refractivity contribution is 6.37. The smallest absolute Gasteiger partial charge is 0.268 e. The van der Waals surface area contributed by atoms with Gasteiger partial charge in [-0.15, -0.1) is 0 Å². The molecule has 62 heavy (non-hydrogen) atoms. The van der Waals surface area contributed by atoms with Gasteiger partial charge in [0.25, 0.3) is 11.8 Å². The Morgan fingerprint density at radius 3 is 1.52 bits per heavy atom. The van der Waals surface area contributed by atoms with Crippen molar-refractivity contribution in [3.63, 3.8) is 0 Å². The minimum Gasteiger partial charge on any atom is -0.268 e. The maximum absolute atomic E-state index is 15.3. The third kappa shape index (κ3) is 6.39. The number of halogens is 6. The summed E-state index contributed by atoms with van der Waals surface area (Å²) >= 11 is 0. The Hall–Kier alpha value is -7.52. The molecule has 1 heterocycles. The molecule has 1 unspecified atom stereocenters. The summed E-state index contributed by atoms with van der Waals surface area (Å²) in [5, 5.41) is 0. The third-order valence-corrected chi connectivity index (χ3v) is 11.8. The predicted octanol–water partition coefficient (Wildman–Crippen LogP) is 14.4. The molecule has 0 saturated carbocycles. The first-order valence-corrected chi connectivity index (χ1v) is 19.8. The lowest BCUT2D eigenvalue weighted by atomic mass is 9.84. The minimum atomic E-state index is -5.07. The Kier molecular flexibility index (Phi) is 9.10. The summed E-state index contributed by atoms with van der Waals surface area (Å²) < 4.78 is 83.8. The quantitative estimate of drug-likeness (QED) is 0.124. The van der Waals surface area contributed by atoms with Gasteiger partial charge in [0.2, 0.25) is 0 Å². The Labute approximate surface area is 352 Å². The number of imide groups is 1. The molecule has 0 radical (unpaired) electrons. The van der Waals surface area contributed by atoms with Crippen molar-refractivity contribution in [2.24, 2.45) is 0 Å². The summed E-state index contributed by atoms with van der Waals surface area (Å²) in [5.74, 6) is -1.64. The lowest BCUT2D eigenvalue weighted by Gasteiger charge is -2.24. The zero-order valence-electron chi connectivity index (χ0n) is 32.4. The van der Waals surface area contributed by atoms with E-state index in [-0.39, 0.29) is 22.8 Å². The topological polar surface area (TPSA) is 37.4 Å². The molecule has 0 aromatic heterocycles. The van der Waals surface area contributed by atoms with E-state index in [2.05, 4.69) is 0 Å². The normalized spacial score (nSPS) is 14.5. The molecule has 1 aliphatic heterocycles. The SMILES string of the molecule is O=C1c2cccc(C3c4ccccc4-c4cc(-c5ccc(C(F)(F)F)cc5C(F)(F)F)ccc43)c2C(=O)N1c1c(-c2ccccc2)cc(-c2ccccc2)cc1-c1ccccc1. The number of rotatable bonds is 6. The number of hydrogen-bond donors (Lipinski definition) is 0. The van der Waals surface area contributed by atoms with Gasteiger partial charge in [0.05, 0.1) is 27.9 Å². The molecular weight excluding hydrogens is 797 g/mol. The van der Waals surface area contributed by atoms with Crippen LogP contribution in [0.2, 0.25) is 0 Å². The number of hydrogen-bond acceptors (Lipinski definition) is 2. The Bertz CT molecular complexity index is 3030. The van der Waals surface area contributed by atoms with Crippen molar-refractivity contribution in [3.05, 3.63) is 221 Å². The summed E-state index contributed by atoms with van der Waals surface area (Å²) in [4.78, 5) is 31.5. The van der Waals surface area contributed by atoms with Gasteiger partial charge in [-0.25, -0.2) is 4.90 Å². The van der Waals surface area contributed by atoms with Crippen molar-refractivity contribution in [1.29, 1.82) is 0 Å². The van der Waals surface area contributed by atoms with Gasteiger partial charge in [-0.2, -0.15) is 26.3 Å². The second-order valence-corrected chi connectivity index (χ2v) is 15.3. The van der Waals surface area contributed by atoms with Crippen LogP contribution in [0, 0.1) is 0 Å². The summed E-state index contributed by atoms with van der Waals surface area (Å²) in [6.07, 6.45) is -10.0. The number of amides is 2. The summed E-state index contributed by atoms with van der Waals surface area (Å²) in [5.41, 5.74) is 5.74. The van der Waals surface area contributed by atoms with Crippen LogP contribution >= 0.6 is 0 Å². The van der Waals surface area contributed by atoms with E-state index in [1.165, 1.54) is 11.0 Å².